The van der Waals surface area contributed by atoms with Crippen LogP contribution in [0, 0.1) is 6.92 Å². The van der Waals surface area contributed by atoms with E-state index in [1.807, 2.05) is 0 Å². The van der Waals surface area contributed by atoms with Crippen molar-refractivity contribution in [1.82, 2.24) is 15.2 Å². The summed E-state index contributed by atoms with van der Waals surface area (Å²) >= 11 is 0. The molecule has 0 saturated heterocycles. The molecule has 0 fully saturated rings. The van der Waals surface area contributed by atoms with Crippen LogP contribution in [-0.2, 0) is 10.5 Å². The molecular formula is C7H10FN3O2. The second-order valence-electron chi connectivity index (χ2n) is 3.01. The van der Waals surface area contributed by atoms with Crippen molar-refractivity contribution in [2.45, 2.75) is 25.9 Å². The van der Waals surface area contributed by atoms with Gasteiger partial charge in [-0.15, -0.1) is 0 Å². The van der Waals surface area contributed by atoms with Gasteiger partial charge in [0.05, 0.1) is 6.42 Å². The van der Waals surface area contributed by atoms with Crippen LogP contribution in [-0.4, -0.2) is 26.3 Å². The highest BCUT2D eigenvalue weighted by atomic mass is 19.1. The molecule has 0 bridgehead atoms. The Hall–Kier alpha value is -1.46. The molecule has 0 aliphatic rings. The molecule has 72 valence electrons. The molecular weight excluding hydrogens is 177 g/mol. The average molecular weight is 187 g/mol. The van der Waals surface area contributed by atoms with E-state index in [1.54, 1.807) is 6.92 Å². The zero-order valence-electron chi connectivity index (χ0n) is 7.33. The molecule has 1 aromatic rings. The molecule has 5 nitrogen and oxygen atoms in total. The van der Waals surface area contributed by atoms with Crippen LogP contribution in [0.3, 0.4) is 0 Å². The standard InChI is InChI=1S/C7H10FN3O2/c1-4-9-6(11-10-4)7(2,8)3-5(12)13/h3H2,1-2H3,(H,12,13)(H,9,10,11). The largest absolute Gasteiger partial charge is 0.481 e. The Balaban J connectivity index is 2.86. The van der Waals surface area contributed by atoms with Gasteiger partial charge in [-0.2, -0.15) is 5.10 Å². The lowest BCUT2D eigenvalue weighted by molar-refractivity contribution is -0.140. The molecule has 1 rings (SSSR count). The van der Waals surface area contributed by atoms with Gasteiger partial charge >= 0.3 is 5.97 Å². The molecule has 13 heavy (non-hydrogen) atoms. The Kier molecular flexibility index (Phi) is 2.31. The fourth-order valence-corrected chi connectivity index (χ4v) is 0.939. The molecule has 1 heterocycles. The third kappa shape index (κ3) is 2.24. The number of H-pyrrole nitrogens is 1. The van der Waals surface area contributed by atoms with E-state index in [1.165, 1.54) is 0 Å². The second-order valence-corrected chi connectivity index (χ2v) is 3.01. The van der Waals surface area contributed by atoms with E-state index < -0.39 is 18.1 Å². The highest BCUT2D eigenvalue weighted by Gasteiger charge is 2.33. The first-order valence-corrected chi connectivity index (χ1v) is 3.72. The van der Waals surface area contributed by atoms with Crippen LogP contribution >= 0.6 is 0 Å². The number of aliphatic carboxylic acids is 1. The van der Waals surface area contributed by atoms with Crippen molar-refractivity contribution in [3.05, 3.63) is 11.6 Å². The number of alkyl halides is 1. The van der Waals surface area contributed by atoms with Gasteiger partial charge in [0.2, 0.25) is 0 Å². The number of nitrogens with one attached hydrogen (secondary N) is 1. The van der Waals surface area contributed by atoms with Gasteiger partial charge in [-0.1, -0.05) is 0 Å². The number of rotatable bonds is 3. The minimum Gasteiger partial charge on any atom is -0.481 e. The van der Waals surface area contributed by atoms with Crippen molar-refractivity contribution in [2.75, 3.05) is 0 Å². The topological polar surface area (TPSA) is 78.9 Å². The summed E-state index contributed by atoms with van der Waals surface area (Å²) in [6.07, 6.45) is -0.635. The molecule has 0 aliphatic heterocycles. The minimum atomic E-state index is -2.02. The Labute approximate surface area is 74.0 Å². The molecule has 2 N–H and O–H groups in total. The van der Waals surface area contributed by atoms with Crippen LogP contribution in [0.5, 0.6) is 0 Å². The van der Waals surface area contributed by atoms with Gasteiger partial charge in [0.1, 0.15) is 5.82 Å². The van der Waals surface area contributed by atoms with Gasteiger partial charge in [0.15, 0.2) is 11.5 Å². The molecule has 1 unspecified atom stereocenters. The third-order valence-corrected chi connectivity index (χ3v) is 1.55. The molecule has 0 spiro atoms. The van der Waals surface area contributed by atoms with E-state index in [0.717, 1.165) is 6.92 Å². The zero-order valence-corrected chi connectivity index (χ0v) is 7.33. The lowest BCUT2D eigenvalue weighted by Crippen LogP contribution is -2.21. The number of carboxylic acid groups (broad SMARTS) is 1. The summed E-state index contributed by atoms with van der Waals surface area (Å²) in [5.74, 6) is -0.871. The predicted molar refractivity (Wildman–Crippen MR) is 41.8 cm³/mol. The number of hydrogen-bond acceptors (Lipinski definition) is 3. The number of aryl methyl sites for hydroxylation is 1. The summed E-state index contributed by atoms with van der Waals surface area (Å²) < 4.78 is 13.6. The summed E-state index contributed by atoms with van der Waals surface area (Å²) in [6.45, 7) is 2.76. The molecule has 1 atom stereocenters. The van der Waals surface area contributed by atoms with Gasteiger partial charge < -0.3 is 5.11 Å². The highest BCUT2D eigenvalue weighted by molar-refractivity contribution is 5.68. The van der Waals surface area contributed by atoms with E-state index in [9.17, 15) is 9.18 Å². The molecule has 1 aromatic heterocycles. The first-order chi connectivity index (χ1) is 5.92. The number of nitrogens with zero attached hydrogens (tertiary/aromatic N) is 2. The van der Waals surface area contributed by atoms with Crippen LogP contribution < -0.4 is 0 Å². The molecule has 6 heteroatoms. The SMILES string of the molecule is Cc1nc(C(C)(F)CC(=O)O)n[nH]1. The van der Waals surface area contributed by atoms with Gasteiger partial charge in [0.25, 0.3) is 0 Å². The highest BCUT2D eigenvalue weighted by Crippen LogP contribution is 2.25. The number of halogens is 1. The lowest BCUT2D eigenvalue weighted by Gasteiger charge is -2.12. The Morgan fingerprint density at radius 1 is 1.77 bits per heavy atom. The number of aromatic nitrogens is 3. The summed E-state index contributed by atoms with van der Waals surface area (Å²) in [6, 6.07) is 0. The summed E-state index contributed by atoms with van der Waals surface area (Å²) in [7, 11) is 0. The molecule has 0 aliphatic carbocycles. The van der Waals surface area contributed by atoms with Crippen LogP contribution in [0.25, 0.3) is 0 Å². The van der Waals surface area contributed by atoms with E-state index in [0.29, 0.717) is 5.82 Å². The van der Waals surface area contributed by atoms with Crippen molar-refractivity contribution in [3.8, 4) is 0 Å². The second kappa shape index (κ2) is 3.12. The minimum absolute atomic E-state index is 0.118. The smallest absolute Gasteiger partial charge is 0.307 e. The van der Waals surface area contributed by atoms with E-state index in [2.05, 4.69) is 15.2 Å². The average Bonchev–Trinajstić information content (AvgIpc) is 2.32. The van der Waals surface area contributed by atoms with Crippen LogP contribution in [0.2, 0.25) is 0 Å². The quantitative estimate of drug-likeness (QED) is 0.732. The van der Waals surface area contributed by atoms with Gasteiger partial charge in [-0.05, 0) is 13.8 Å². The van der Waals surface area contributed by atoms with Crippen LogP contribution in [0.4, 0.5) is 4.39 Å². The molecule has 0 aromatic carbocycles. The monoisotopic (exact) mass is 187 g/mol. The maximum atomic E-state index is 13.6. The summed E-state index contributed by atoms with van der Waals surface area (Å²) in [4.78, 5) is 14.0. The van der Waals surface area contributed by atoms with Crippen molar-refractivity contribution in [1.29, 1.82) is 0 Å². The maximum absolute atomic E-state index is 13.6. The fraction of sp³-hybridized carbons (Fsp3) is 0.571. The van der Waals surface area contributed by atoms with Gasteiger partial charge in [0, 0.05) is 0 Å². The van der Waals surface area contributed by atoms with Crippen LogP contribution in [0.1, 0.15) is 25.0 Å². The number of carboxylic acids is 1. The number of carbonyl (C=O) groups is 1. The molecule has 0 amide bonds. The van der Waals surface area contributed by atoms with Gasteiger partial charge in [-0.3, -0.25) is 9.89 Å². The van der Waals surface area contributed by atoms with E-state index >= 15 is 0 Å². The van der Waals surface area contributed by atoms with E-state index in [-0.39, 0.29) is 5.82 Å². The van der Waals surface area contributed by atoms with Crippen LogP contribution in [0.15, 0.2) is 0 Å². The molecule has 0 saturated carbocycles. The first kappa shape index (κ1) is 9.63. The number of hydrogen-bond donors (Lipinski definition) is 2. The Bertz CT molecular complexity index is 321. The predicted octanol–water partition coefficient (Wildman–Crippen LogP) is 0.773. The third-order valence-electron chi connectivity index (χ3n) is 1.55. The van der Waals surface area contributed by atoms with Crippen molar-refractivity contribution >= 4 is 5.97 Å². The summed E-state index contributed by atoms with van der Waals surface area (Å²) in [5.41, 5.74) is -2.02. The first-order valence-electron chi connectivity index (χ1n) is 3.72. The van der Waals surface area contributed by atoms with Crippen molar-refractivity contribution in [3.63, 3.8) is 0 Å². The number of aromatic amines is 1. The Morgan fingerprint density at radius 3 is 2.77 bits per heavy atom. The van der Waals surface area contributed by atoms with E-state index in [4.69, 9.17) is 5.11 Å². The fourth-order valence-electron chi connectivity index (χ4n) is 0.939. The van der Waals surface area contributed by atoms with Crippen molar-refractivity contribution in [2.24, 2.45) is 0 Å². The zero-order chi connectivity index (χ0) is 10.1. The normalized spacial score (nSPS) is 15.3. The lowest BCUT2D eigenvalue weighted by atomic mass is 10.0. The van der Waals surface area contributed by atoms with Crippen molar-refractivity contribution < 1.29 is 14.3 Å². The van der Waals surface area contributed by atoms with Gasteiger partial charge in [-0.25, -0.2) is 9.37 Å². The summed E-state index contributed by atoms with van der Waals surface area (Å²) in [5, 5.41) is 14.4. The maximum Gasteiger partial charge on any atom is 0.307 e. The molecule has 0 radical (unpaired) electrons. The Morgan fingerprint density at radius 2 is 2.38 bits per heavy atom.